The third-order valence-corrected chi connectivity index (χ3v) is 9.02. The Hall–Kier alpha value is -5.55. The first kappa shape index (κ1) is 35.3. The molecule has 6 aromatic carbocycles. The molecule has 0 spiro atoms. The number of hydrogen-bond donors (Lipinski definition) is 0. The van der Waals surface area contributed by atoms with E-state index >= 15 is 0 Å². The van der Waals surface area contributed by atoms with Crippen LogP contribution in [0.25, 0.3) is 0 Å². The summed E-state index contributed by atoms with van der Waals surface area (Å²) in [6, 6.07) is 58.0. The molecule has 0 N–H and O–H groups in total. The third kappa shape index (κ3) is 11.5. The van der Waals surface area contributed by atoms with Crippen molar-refractivity contribution in [3.05, 3.63) is 221 Å². The monoisotopic (exact) mass is 670 g/mol. The molecule has 6 aromatic rings. The maximum absolute atomic E-state index is 11.6. The van der Waals surface area contributed by atoms with Crippen LogP contribution in [0.3, 0.4) is 0 Å². The van der Waals surface area contributed by atoms with Crippen LogP contribution in [-0.2, 0) is 56.9 Å². The Morgan fingerprint density at radius 2 is 0.686 bits per heavy atom. The number of carbonyl (C=O) groups is 1. The Kier molecular flexibility index (Phi) is 12.8. The molecule has 51 heavy (non-hydrogen) atoms. The second-order valence-electron chi connectivity index (χ2n) is 13.1. The van der Waals surface area contributed by atoms with Crippen LogP contribution < -0.4 is 4.74 Å². The number of benzene rings is 6. The molecule has 0 saturated carbocycles. The highest BCUT2D eigenvalue weighted by Crippen LogP contribution is 2.20. The smallest absolute Gasteiger partial charge is 0.335 e. The molecule has 0 unspecified atom stereocenters. The summed E-state index contributed by atoms with van der Waals surface area (Å²) in [5.74, 6) is 0.0697. The largest absolute Gasteiger partial charge is 0.423 e. The Labute approximate surface area is 303 Å². The maximum Gasteiger partial charge on any atom is 0.335 e. The third-order valence-electron chi connectivity index (χ3n) is 9.02. The van der Waals surface area contributed by atoms with Crippen LogP contribution in [0, 0.1) is 0 Å². The molecule has 0 atom stereocenters. The fourth-order valence-corrected chi connectivity index (χ4v) is 6.37. The SMILES string of the molecule is C=CC(=O)Oc1ccc(CN(Cc2ccccc2)Cc2ccc(CCc3ccc(CN(Cc4ccccc4)Cc4ccccc4)cc3)cc2)cc1. The van der Waals surface area contributed by atoms with Gasteiger partial charge in [-0.25, -0.2) is 4.79 Å². The molecule has 0 amide bonds. The number of hydrogen-bond acceptors (Lipinski definition) is 4. The van der Waals surface area contributed by atoms with Crippen molar-refractivity contribution in [1.29, 1.82) is 0 Å². The van der Waals surface area contributed by atoms with Crippen LogP contribution in [0.15, 0.2) is 176 Å². The lowest BCUT2D eigenvalue weighted by Gasteiger charge is -2.23. The average Bonchev–Trinajstić information content (AvgIpc) is 3.17. The van der Waals surface area contributed by atoms with Gasteiger partial charge in [-0.1, -0.05) is 158 Å². The van der Waals surface area contributed by atoms with Gasteiger partial charge in [0.25, 0.3) is 0 Å². The predicted molar refractivity (Wildman–Crippen MR) is 208 cm³/mol. The molecule has 4 nitrogen and oxygen atoms in total. The first-order chi connectivity index (χ1) is 25.1. The average molecular weight is 671 g/mol. The van der Waals surface area contributed by atoms with Gasteiger partial charge in [-0.3, -0.25) is 9.80 Å². The predicted octanol–water partition coefficient (Wildman–Crippen LogP) is 9.97. The van der Waals surface area contributed by atoms with E-state index in [0.717, 1.165) is 57.7 Å². The Morgan fingerprint density at radius 1 is 0.412 bits per heavy atom. The lowest BCUT2D eigenvalue weighted by molar-refractivity contribution is -0.128. The molecule has 0 fully saturated rings. The quantitative estimate of drug-likeness (QED) is 0.0550. The van der Waals surface area contributed by atoms with Crippen LogP contribution in [0.4, 0.5) is 0 Å². The van der Waals surface area contributed by atoms with Crippen molar-refractivity contribution in [2.75, 3.05) is 0 Å². The molecule has 0 saturated heterocycles. The van der Waals surface area contributed by atoms with Gasteiger partial charge in [0.2, 0.25) is 0 Å². The summed E-state index contributed by atoms with van der Waals surface area (Å²) in [5, 5.41) is 0. The molecule has 0 aliphatic carbocycles. The van der Waals surface area contributed by atoms with E-state index in [2.05, 4.69) is 156 Å². The lowest BCUT2D eigenvalue weighted by atomic mass is 10.0. The van der Waals surface area contributed by atoms with Gasteiger partial charge < -0.3 is 4.74 Å². The number of ether oxygens (including phenoxy) is 1. The fourth-order valence-electron chi connectivity index (χ4n) is 6.37. The van der Waals surface area contributed by atoms with Crippen molar-refractivity contribution < 1.29 is 9.53 Å². The second kappa shape index (κ2) is 18.4. The van der Waals surface area contributed by atoms with Crippen LogP contribution in [0.2, 0.25) is 0 Å². The van der Waals surface area contributed by atoms with E-state index in [1.165, 1.54) is 45.0 Å². The van der Waals surface area contributed by atoms with Gasteiger partial charge in [0.15, 0.2) is 0 Å². The highest BCUT2D eigenvalue weighted by Gasteiger charge is 2.11. The Balaban J connectivity index is 1.04. The van der Waals surface area contributed by atoms with Gasteiger partial charge in [-0.15, -0.1) is 0 Å². The zero-order valence-electron chi connectivity index (χ0n) is 29.2. The van der Waals surface area contributed by atoms with Gasteiger partial charge in [-0.05, 0) is 69.5 Å². The van der Waals surface area contributed by atoms with Crippen molar-refractivity contribution in [3.63, 3.8) is 0 Å². The maximum atomic E-state index is 11.6. The van der Waals surface area contributed by atoms with Crippen LogP contribution >= 0.6 is 0 Å². The number of esters is 1. The first-order valence-corrected chi connectivity index (χ1v) is 17.7. The molecule has 4 heteroatoms. The molecule has 0 heterocycles. The molecule has 0 radical (unpaired) electrons. The summed E-state index contributed by atoms with van der Waals surface area (Å²) in [6.07, 6.45) is 3.19. The van der Waals surface area contributed by atoms with E-state index in [1.807, 2.05) is 24.3 Å². The minimum absolute atomic E-state index is 0.453. The molecule has 0 bridgehead atoms. The zero-order valence-corrected chi connectivity index (χ0v) is 29.2. The Bertz CT molecular complexity index is 1880. The highest BCUT2D eigenvalue weighted by molar-refractivity contribution is 5.83. The molecule has 0 aromatic heterocycles. The minimum Gasteiger partial charge on any atom is -0.423 e. The first-order valence-electron chi connectivity index (χ1n) is 17.7. The van der Waals surface area contributed by atoms with E-state index in [4.69, 9.17) is 4.74 Å². The van der Waals surface area contributed by atoms with Crippen LogP contribution in [0.5, 0.6) is 5.75 Å². The van der Waals surface area contributed by atoms with Crippen molar-refractivity contribution in [1.82, 2.24) is 9.80 Å². The summed E-state index contributed by atoms with van der Waals surface area (Å²) in [4.78, 5) is 16.5. The summed E-state index contributed by atoms with van der Waals surface area (Å²) in [5.41, 5.74) is 10.4. The Morgan fingerprint density at radius 3 is 1.00 bits per heavy atom. The summed E-state index contributed by atoms with van der Waals surface area (Å²) in [7, 11) is 0. The summed E-state index contributed by atoms with van der Waals surface area (Å²) in [6.45, 7) is 8.65. The van der Waals surface area contributed by atoms with E-state index in [-0.39, 0.29) is 0 Å². The van der Waals surface area contributed by atoms with Crippen molar-refractivity contribution in [3.8, 4) is 5.75 Å². The minimum atomic E-state index is -0.453. The van der Waals surface area contributed by atoms with Crippen molar-refractivity contribution in [2.45, 2.75) is 52.1 Å². The number of carbonyl (C=O) groups excluding carboxylic acids is 1. The van der Waals surface area contributed by atoms with Crippen LogP contribution in [-0.4, -0.2) is 15.8 Å². The van der Waals surface area contributed by atoms with Crippen LogP contribution in [0.1, 0.15) is 44.5 Å². The van der Waals surface area contributed by atoms with Crippen molar-refractivity contribution >= 4 is 5.97 Å². The van der Waals surface area contributed by atoms with Crippen molar-refractivity contribution in [2.24, 2.45) is 0 Å². The number of rotatable bonds is 17. The molecular formula is C47H46N2O2. The van der Waals surface area contributed by atoms with E-state index in [1.54, 1.807) is 0 Å². The number of nitrogens with zero attached hydrogens (tertiary/aromatic N) is 2. The molecular weight excluding hydrogens is 625 g/mol. The van der Waals surface area contributed by atoms with E-state index < -0.39 is 5.97 Å². The van der Waals surface area contributed by atoms with Gasteiger partial charge in [0.1, 0.15) is 5.75 Å². The zero-order chi connectivity index (χ0) is 35.1. The number of aryl methyl sites for hydroxylation is 2. The second-order valence-corrected chi connectivity index (χ2v) is 13.1. The lowest BCUT2D eigenvalue weighted by Crippen LogP contribution is -2.22. The van der Waals surface area contributed by atoms with Gasteiger partial charge in [-0.2, -0.15) is 0 Å². The molecule has 256 valence electrons. The highest BCUT2D eigenvalue weighted by atomic mass is 16.5. The normalized spacial score (nSPS) is 11.1. The standard InChI is InChI=1S/C47H46N2O2/c1-2-47(50)51-46-30-28-45(29-31-46)37-49(34-42-16-10-5-11-17-42)36-44-26-22-39(23-27-44)19-18-38-20-24-43(25-21-38)35-48(32-40-12-6-3-7-13-40)33-41-14-8-4-9-15-41/h2-17,20-31H,1,18-19,32-37H2. The fraction of sp³-hybridized carbons (Fsp3) is 0.170. The van der Waals surface area contributed by atoms with E-state index in [9.17, 15) is 4.79 Å². The topological polar surface area (TPSA) is 32.8 Å². The summed E-state index contributed by atoms with van der Waals surface area (Å²) < 4.78 is 5.26. The van der Waals surface area contributed by atoms with E-state index in [0.29, 0.717) is 5.75 Å². The summed E-state index contributed by atoms with van der Waals surface area (Å²) >= 11 is 0. The van der Waals surface area contributed by atoms with Gasteiger partial charge >= 0.3 is 5.97 Å². The molecule has 0 aliphatic heterocycles. The van der Waals surface area contributed by atoms with Gasteiger partial charge in [0, 0.05) is 45.3 Å². The molecule has 0 aliphatic rings. The van der Waals surface area contributed by atoms with Gasteiger partial charge in [0.05, 0.1) is 0 Å². The molecule has 6 rings (SSSR count).